The normalized spacial score (nSPS) is 10.5. The molecule has 1 aromatic heterocycles. The van der Waals surface area contributed by atoms with Crippen LogP contribution in [0, 0.1) is 0 Å². The second kappa shape index (κ2) is 6.78. The van der Waals surface area contributed by atoms with E-state index in [0.29, 0.717) is 0 Å². The van der Waals surface area contributed by atoms with Gasteiger partial charge in [-0.3, -0.25) is 0 Å². The van der Waals surface area contributed by atoms with Crippen molar-refractivity contribution in [2.45, 2.75) is 6.55 Å². The van der Waals surface area contributed by atoms with Crippen LogP contribution >= 0.6 is 0 Å². The maximum absolute atomic E-state index is 4.93. The molecule has 0 aliphatic heterocycles. The van der Waals surface area contributed by atoms with Crippen LogP contribution in [0.1, 0.15) is 0 Å². The monoisotopic (exact) mass is 204 g/mol. The standard InChI is InChI=1S/C4H12O3Si.C3H4N2/c1-5-8(4,6-2)7-3;1-2-5-3-4-1/h1-4H3;1-3H,(H,4,5). The predicted octanol–water partition coefficient (Wildman–Crippen LogP) is 0.904. The van der Waals surface area contributed by atoms with Crippen molar-refractivity contribution < 1.29 is 13.3 Å². The van der Waals surface area contributed by atoms with Crippen LogP contribution in [0.25, 0.3) is 0 Å². The van der Waals surface area contributed by atoms with Gasteiger partial charge in [-0.1, -0.05) is 0 Å². The van der Waals surface area contributed by atoms with Crippen molar-refractivity contribution in [2.24, 2.45) is 0 Å². The maximum atomic E-state index is 4.93. The SMILES string of the molecule is CO[Si](C)(OC)OC.c1c[nH]cn1. The molecule has 0 atom stereocenters. The van der Waals surface area contributed by atoms with Gasteiger partial charge < -0.3 is 18.3 Å². The number of aromatic nitrogens is 2. The number of hydrogen-bond acceptors (Lipinski definition) is 4. The second-order valence-electron chi connectivity index (χ2n) is 2.24. The lowest BCUT2D eigenvalue weighted by atomic mass is 11.0. The molecule has 0 fully saturated rings. The third kappa shape index (κ3) is 5.53. The van der Waals surface area contributed by atoms with E-state index in [0.717, 1.165) is 0 Å². The fraction of sp³-hybridized carbons (Fsp3) is 0.571. The van der Waals surface area contributed by atoms with Crippen molar-refractivity contribution in [3.8, 4) is 0 Å². The highest BCUT2D eigenvalue weighted by Crippen LogP contribution is 2.02. The first-order chi connectivity index (χ1) is 6.18. The van der Waals surface area contributed by atoms with Crippen LogP contribution in [0.3, 0.4) is 0 Å². The zero-order valence-electron chi connectivity index (χ0n) is 8.40. The van der Waals surface area contributed by atoms with Gasteiger partial charge in [0.25, 0.3) is 0 Å². The minimum Gasteiger partial charge on any atom is -0.377 e. The smallest absolute Gasteiger partial charge is 0.377 e. The Morgan fingerprint density at radius 1 is 1.15 bits per heavy atom. The molecule has 0 aromatic carbocycles. The summed E-state index contributed by atoms with van der Waals surface area (Å²) < 4.78 is 14.8. The quantitative estimate of drug-likeness (QED) is 0.743. The highest BCUT2D eigenvalue weighted by atomic mass is 28.4. The first-order valence-corrected chi connectivity index (χ1v) is 5.99. The topological polar surface area (TPSA) is 56.4 Å². The second-order valence-corrected chi connectivity index (χ2v) is 5.18. The summed E-state index contributed by atoms with van der Waals surface area (Å²) in [6.07, 6.45) is 5.08. The number of H-pyrrole nitrogens is 1. The fourth-order valence-electron chi connectivity index (χ4n) is 0.465. The van der Waals surface area contributed by atoms with Crippen molar-refractivity contribution in [2.75, 3.05) is 21.3 Å². The van der Waals surface area contributed by atoms with Crippen molar-refractivity contribution in [1.82, 2.24) is 9.97 Å². The summed E-state index contributed by atoms with van der Waals surface area (Å²) in [4.78, 5) is 6.42. The van der Waals surface area contributed by atoms with Gasteiger partial charge in [-0.25, -0.2) is 4.98 Å². The number of hydrogen-bond donors (Lipinski definition) is 1. The van der Waals surface area contributed by atoms with Gasteiger partial charge >= 0.3 is 8.80 Å². The van der Waals surface area contributed by atoms with Crippen LogP contribution in [-0.4, -0.2) is 40.1 Å². The van der Waals surface area contributed by atoms with Gasteiger partial charge in [0, 0.05) is 40.3 Å². The molecule has 76 valence electrons. The molecule has 1 N–H and O–H groups in total. The molecule has 6 heteroatoms. The minimum absolute atomic E-state index is 1.58. The summed E-state index contributed by atoms with van der Waals surface area (Å²) in [5, 5.41) is 0. The molecule has 0 spiro atoms. The molecule has 1 aromatic rings. The zero-order chi connectivity index (χ0) is 10.2. The zero-order valence-corrected chi connectivity index (χ0v) is 9.40. The molecule has 1 heterocycles. The summed E-state index contributed by atoms with van der Waals surface area (Å²) in [6.45, 7) is 1.83. The lowest BCUT2D eigenvalue weighted by Crippen LogP contribution is -2.38. The van der Waals surface area contributed by atoms with E-state index in [1.165, 1.54) is 0 Å². The predicted molar refractivity (Wildman–Crippen MR) is 51.2 cm³/mol. The van der Waals surface area contributed by atoms with Gasteiger partial charge in [-0.2, -0.15) is 0 Å². The lowest BCUT2D eigenvalue weighted by molar-refractivity contribution is 0.132. The highest BCUT2D eigenvalue weighted by Gasteiger charge is 2.29. The van der Waals surface area contributed by atoms with E-state index in [2.05, 4.69) is 9.97 Å². The first kappa shape index (κ1) is 12.3. The minimum atomic E-state index is -2.17. The molecule has 0 aliphatic rings. The average Bonchev–Trinajstić information content (AvgIpc) is 2.75. The summed E-state index contributed by atoms with van der Waals surface area (Å²) in [5.41, 5.74) is 0. The molecule has 0 radical (unpaired) electrons. The summed E-state index contributed by atoms with van der Waals surface area (Å²) in [7, 11) is 2.58. The Hall–Kier alpha value is -0.693. The highest BCUT2D eigenvalue weighted by molar-refractivity contribution is 6.58. The molecule has 0 aliphatic carbocycles. The van der Waals surface area contributed by atoms with Gasteiger partial charge in [-0.05, 0) is 0 Å². The Kier molecular flexibility index (Phi) is 6.42. The third-order valence-electron chi connectivity index (χ3n) is 1.52. The average molecular weight is 204 g/mol. The van der Waals surface area contributed by atoms with E-state index in [1.54, 1.807) is 40.1 Å². The number of aromatic amines is 1. The Bertz CT molecular complexity index is 164. The number of nitrogens with zero attached hydrogens (tertiary/aromatic N) is 1. The van der Waals surface area contributed by atoms with Gasteiger partial charge in [0.15, 0.2) is 0 Å². The van der Waals surface area contributed by atoms with Crippen LogP contribution in [0.5, 0.6) is 0 Å². The summed E-state index contributed by atoms with van der Waals surface area (Å²) in [6, 6.07) is 0. The molecular formula is C7H16N2O3Si. The number of imidazole rings is 1. The molecule has 0 unspecified atom stereocenters. The molecular weight excluding hydrogens is 188 g/mol. The van der Waals surface area contributed by atoms with Crippen molar-refractivity contribution >= 4 is 8.80 Å². The molecule has 5 nitrogen and oxygen atoms in total. The Morgan fingerprint density at radius 3 is 1.77 bits per heavy atom. The van der Waals surface area contributed by atoms with Crippen LogP contribution in [0.4, 0.5) is 0 Å². The van der Waals surface area contributed by atoms with E-state index < -0.39 is 8.80 Å². The van der Waals surface area contributed by atoms with Gasteiger partial charge in [0.2, 0.25) is 0 Å². The molecule has 0 bridgehead atoms. The van der Waals surface area contributed by atoms with Gasteiger partial charge in [-0.15, -0.1) is 0 Å². The fourth-order valence-corrected chi connectivity index (χ4v) is 0.965. The van der Waals surface area contributed by atoms with Crippen molar-refractivity contribution in [1.29, 1.82) is 0 Å². The van der Waals surface area contributed by atoms with Crippen LogP contribution in [0.15, 0.2) is 18.7 Å². The lowest BCUT2D eigenvalue weighted by Gasteiger charge is -2.18. The molecule has 0 saturated heterocycles. The van der Waals surface area contributed by atoms with E-state index in [4.69, 9.17) is 13.3 Å². The van der Waals surface area contributed by atoms with E-state index in [9.17, 15) is 0 Å². The molecule has 0 amide bonds. The molecule has 0 saturated carbocycles. The maximum Gasteiger partial charge on any atom is 0.496 e. The molecule has 1 rings (SSSR count). The van der Waals surface area contributed by atoms with Crippen molar-refractivity contribution in [3.05, 3.63) is 18.7 Å². The summed E-state index contributed by atoms with van der Waals surface area (Å²) >= 11 is 0. The molecule has 13 heavy (non-hydrogen) atoms. The van der Waals surface area contributed by atoms with Crippen LogP contribution in [0.2, 0.25) is 6.55 Å². The largest absolute Gasteiger partial charge is 0.496 e. The van der Waals surface area contributed by atoms with Gasteiger partial charge in [0.1, 0.15) is 0 Å². The van der Waals surface area contributed by atoms with Crippen LogP contribution < -0.4 is 0 Å². The Balaban J connectivity index is 0.000000243. The third-order valence-corrected chi connectivity index (χ3v) is 3.74. The summed E-state index contributed by atoms with van der Waals surface area (Å²) in [5.74, 6) is 0. The van der Waals surface area contributed by atoms with Crippen LogP contribution in [-0.2, 0) is 13.3 Å². The van der Waals surface area contributed by atoms with E-state index in [1.807, 2.05) is 6.55 Å². The Labute approximate surface area is 79.4 Å². The number of nitrogens with one attached hydrogen (secondary N) is 1. The van der Waals surface area contributed by atoms with E-state index in [-0.39, 0.29) is 0 Å². The Morgan fingerprint density at radius 2 is 1.69 bits per heavy atom. The number of rotatable bonds is 3. The van der Waals surface area contributed by atoms with E-state index >= 15 is 0 Å². The van der Waals surface area contributed by atoms with Crippen molar-refractivity contribution in [3.63, 3.8) is 0 Å². The van der Waals surface area contributed by atoms with Gasteiger partial charge in [0.05, 0.1) is 6.33 Å². The first-order valence-electron chi connectivity index (χ1n) is 3.76.